The Kier molecular flexibility index (Phi) is 6.66. The highest BCUT2D eigenvalue weighted by molar-refractivity contribution is 5.84. The second-order valence-electron chi connectivity index (χ2n) is 7.32. The highest BCUT2D eigenvalue weighted by Gasteiger charge is 2.36. The minimum atomic E-state index is -0.378. The summed E-state index contributed by atoms with van der Waals surface area (Å²) in [5.41, 5.74) is 0.491. The fraction of sp³-hybridized carbons (Fsp3) is 0.765. The number of hydrogen-bond donors (Lipinski definition) is 1. The molecule has 116 valence electrons. The lowest BCUT2D eigenvalue weighted by molar-refractivity contribution is -0.129. The molecule has 0 spiro atoms. The van der Waals surface area contributed by atoms with Gasteiger partial charge in [0, 0.05) is 12.0 Å². The molecule has 1 N–H and O–H groups in total. The molecule has 0 aromatic rings. The molecule has 0 aliphatic carbocycles. The van der Waals surface area contributed by atoms with Crippen molar-refractivity contribution in [2.24, 2.45) is 11.3 Å². The van der Waals surface area contributed by atoms with Gasteiger partial charge in [-0.25, -0.2) is 0 Å². The summed E-state index contributed by atoms with van der Waals surface area (Å²) in [7, 11) is 0. The van der Waals surface area contributed by atoms with Gasteiger partial charge in [0.25, 0.3) is 0 Å². The van der Waals surface area contributed by atoms with E-state index in [9.17, 15) is 9.59 Å². The van der Waals surface area contributed by atoms with Crippen LogP contribution in [-0.4, -0.2) is 17.2 Å². The van der Waals surface area contributed by atoms with Gasteiger partial charge in [0.05, 0.1) is 5.92 Å². The number of amides is 1. The summed E-state index contributed by atoms with van der Waals surface area (Å²) >= 11 is 0. The van der Waals surface area contributed by atoms with Gasteiger partial charge in [-0.3, -0.25) is 4.79 Å². The summed E-state index contributed by atoms with van der Waals surface area (Å²) in [6.45, 7) is 15.6. The van der Waals surface area contributed by atoms with E-state index in [0.29, 0.717) is 6.42 Å². The van der Waals surface area contributed by atoms with Gasteiger partial charge in [-0.05, 0) is 46.5 Å². The number of carbonyl (C=O) groups is 2. The van der Waals surface area contributed by atoms with Crippen molar-refractivity contribution in [2.45, 2.75) is 73.8 Å². The van der Waals surface area contributed by atoms with Crippen molar-refractivity contribution in [3.8, 4) is 0 Å². The summed E-state index contributed by atoms with van der Waals surface area (Å²) in [5.74, 6) is -0.170. The van der Waals surface area contributed by atoms with Crippen molar-refractivity contribution in [1.82, 2.24) is 5.32 Å². The molecule has 0 bridgehead atoms. The first-order chi connectivity index (χ1) is 8.91. The molecule has 3 heteroatoms. The molecule has 0 aromatic heterocycles. The maximum Gasteiger partial charge on any atom is 0.227 e. The van der Waals surface area contributed by atoms with Gasteiger partial charge in [-0.2, -0.15) is 0 Å². The van der Waals surface area contributed by atoms with Gasteiger partial charge in [0.1, 0.15) is 5.78 Å². The molecule has 1 amide bonds. The molecule has 0 rings (SSSR count). The third kappa shape index (κ3) is 6.36. The maximum atomic E-state index is 12.6. The average Bonchev–Trinajstić information content (AvgIpc) is 2.22. The zero-order valence-electron chi connectivity index (χ0n) is 14.4. The first-order valence-corrected chi connectivity index (χ1v) is 7.38. The first-order valence-electron chi connectivity index (χ1n) is 7.38. The van der Waals surface area contributed by atoms with Crippen molar-refractivity contribution in [3.63, 3.8) is 0 Å². The van der Waals surface area contributed by atoms with E-state index in [1.165, 1.54) is 0 Å². The standard InChI is InChI=1S/C17H31NO2/c1-9-17(7,8)18-15(20)14(10-12(2)3)16(5,6)11-13(4)19/h10,14H,9,11H2,1-8H3,(H,18,20). The van der Waals surface area contributed by atoms with Crippen LogP contribution in [0.25, 0.3) is 0 Å². The zero-order chi connectivity index (χ0) is 16.1. The lowest BCUT2D eigenvalue weighted by Crippen LogP contribution is -2.48. The van der Waals surface area contributed by atoms with Crippen LogP contribution in [0.1, 0.15) is 68.2 Å². The molecule has 0 aliphatic rings. The molecule has 0 aromatic carbocycles. The van der Waals surface area contributed by atoms with Crippen LogP contribution < -0.4 is 5.32 Å². The van der Waals surface area contributed by atoms with E-state index in [0.717, 1.165) is 12.0 Å². The van der Waals surface area contributed by atoms with Gasteiger partial charge < -0.3 is 10.1 Å². The van der Waals surface area contributed by atoms with E-state index in [-0.39, 0.29) is 28.6 Å². The Morgan fingerprint density at radius 1 is 1.10 bits per heavy atom. The molecular weight excluding hydrogens is 250 g/mol. The highest BCUT2D eigenvalue weighted by Crippen LogP contribution is 2.33. The van der Waals surface area contributed by atoms with Crippen molar-refractivity contribution >= 4 is 11.7 Å². The number of ketones is 1. The molecule has 0 radical (unpaired) electrons. The van der Waals surface area contributed by atoms with Crippen molar-refractivity contribution in [1.29, 1.82) is 0 Å². The fourth-order valence-electron chi connectivity index (χ4n) is 2.24. The summed E-state index contributed by atoms with van der Waals surface area (Å²) in [4.78, 5) is 24.1. The molecule has 1 unspecified atom stereocenters. The average molecular weight is 281 g/mol. The van der Waals surface area contributed by atoms with Crippen LogP contribution in [0.5, 0.6) is 0 Å². The van der Waals surface area contributed by atoms with Crippen LogP contribution in [0, 0.1) is 11.3 Å². The maximum absolute atomic E-state index is 12.6. The molecule has 0 fully saturated rings. The number of carbonyl (C=O) groups excluding carboxylic acids is 2. The molecule has 0 aliphatic heterocycles. The Balaban J connectivity index is 5.32. The fourth-order valence-corrected chi connectivity index (χ4v) is 2.24. The number of Topliss-reactive ketones (excluding diaryl/α,β-unsaturated/α-hetero) is 1. The summed E-state index contributed by atoms with van der Waals surface area (Å²) in [6, 6.07) is 0. The normalized spacial score (nSPS) is 13.6. The molecule has 0 heterocycles. The SMILES string of the molecule is CCC(C)(C)NC(=O)C(C=C(C)C)C(C)(C)CC(C)=O. The Bertz CT molecular complexity index is 388. The van der Waals surface area contributed by atoms with E-state index in [2.05, 4.69) is 12.2 Å². The monoisotopic (exact) mass is 281 g/mol. The van der Waals surface area contributed by atoms with E-state index in [4.69, 9.17) is 0 Å². The van der Waals surface area contributed by atoms with Crippen LogP contribution in [0.15, 0.2) is 11.6 Å². The van der Waals surface area contributed by atoms with E-state index < -0.39 is 0 Å². The van der Waals surface area contributed by atoms with Crippen LogP contribution in [-0.2, 0) is 9.59 Å². The third-order valence-corrected chi connectivity index (χ3v) is 3.67. The summed E-state index contributed by atoms with van der Waals surface area (Å²) in [5, 5.41) is 3.10. The number of nitrogens with one attached hydrogen (secondary N) is 1. The molecular formula is C17H31NO2. The largest absolute Gasteiger partial charge is 0.351 e. The van der Waals surface area contributed by atoms with Gasteiger partial charge >= 0.3 is 0 Å². The number of hydrogen-bond acceptors (Lipinski definition) is 2. The lowest BCUT2D eigenvalue weighted by Gasteiger charge is -2.34. The topological polar surface area (TPSA) is 46.2 Å². The van der Waals surface area contributed by atoms with Crippen LogP contribution in [0.4, 0.5) is 0 Å². The van der Waals surface area contributed by atoms with Crippen LogP contribution in [0.3, 0.4) is 0 Å². The molecule has 0 saturated carbocycles. The Morgan fingerprint density at radius 3 is 1.95 bits per heavy atom. The quantitative estimate of drug-likeness (QED) is 0.720. The van der Waals surface area contributed by atoms with Crippen LogP contribution in [0.2, 0.25) is 0 Å². The van der Waals surface area contributed by atoms with Gasteiger partial charge in [-0.15, -0.1) is 0 Å². The van der Waals surface area contributed by atoms with E-state index in [1.807, 2.05) is 47.6 Å². The zero-order valence-corrected chi connectivity index (χ0v) is 14.4. The van der Waals surface area contributed by atoms with E-state index >= 15 is 0 Å². The molecule has 0 saturated heterocycles. The second kappa shape index (κ2) is 7.05. The Hall–Kier alpha value is -1.12. The number of rotatable bonds is 7. The van der Waals surface area contributed by atoms with E-state index in [1.54, 1.807) is 6.92 Å². The molecule has 20 heavy (non-hydrogen) atoms. The Morgan fingerprint density at radius 2 is 1.60 bits per heavy atom. The van der Waals surface area contributed by atoms with Crippen molar-refractivity contribution < 1.29 is 9.59 Å². The number of allylic oxidation sites excluding steroid dienone is 1. The highest BCUT2D eigenvalue weighted by atomic mass is 16.2. The van der Waals surface area contributed by atoms with Gasteiger partial charge in [-0.1, -0.05) is 32.4 Å². The molecule has 3 nitrogen and oxygen atoms in total. The Labute approximate surface area is 124 Å². The lowest BCUT2D eigenvalue weighted by atomic mass is 9.73. The minimum Gasteiger partial charge on any atom is -0.351 e. The second-order valence-corrected chi connectivity index (χ2v) is 7.32. The first kappa shape index (κ1) is 18.9. The summed E-state index contributed by atoms with van der Waals surface area (Å²) in [6.07, 6.45) is 3.25. The van der Waals surface area contributed by atoms with Crippen molar-refractivity contribution in [3.05, 3.63) is 11.6 Å². The predicted octanol–water partition coefficient (Wildman–Crippen LogP) is 3.88. The van der Waals surface area contributed by atoms with Gasteiger partial charge in [0.15, 0.2) is 0 Å². The summed E-state index contributed by atoms with van der Waals surface area (Å²) < 4.78 is 0. The van der Waals surface area contributed by atoms with Crippen LogP contribution >= 0.6 is 0 Å². The van der Waals surface area contributed by atoms with Crippen molar-refractivity contribution in [2.75, 3.05) is 0 Å². The smallest absolute Gasteiger partial charge is 0.227 e. The predicted molar refractivity (Wildman–Crippen MR) is 84.5 cm³/mol. The minimum absolute atomic E-state index is 0.00398. The molecule has 1 atom stereocenters. The van der Waals surface area contributed by atoms with Gasteiger partial charge in [0.2, 0.25) is 5.91 Å². The third-order valence-electron chi connectivity index (χ3n) is 3.67.